The zero-order valence-corrected chi connectivity index (χ0v) is 10.9. The second-order valence-corrected chi connectivity index (χ2v) is 4.84. The van der Waals surface area contributed by atoms with Gasteiger partial charge in [0, 0.05) is 30.4 Å². The molecule has 0 aliphatic carbocycles. The molecule has 0 fully saturated rings. The molecule has 1 N–H and O–H groups in total. The maximum Gasteiger partial charge on any atom is 0.145 e. The molecule has 0 amide bonds. The molecule has 0 aromatic carbocycles. The maximum absolute atomic E-state index is 4.38. The zero-order valence-electron chi connectivity index (χ0n) is 10.1. The van der Waals surface area contributed by atoms with E-state index in [9.17, 15) is 0 Å². The molecule has 0 radical (unpaired) electrons. The molecule has 0 aliphatic rings. The Bertz CT molecular complexity index is 438. The van der Waals surface area contributed by atoms with Gasteiger partial charge in [0.05, 0.1) is 11.0 Å². The van der Waals surface area contributed by atoms with Crippen LogP contribution >= 0.6 is 11.3 Å². The molecule has 2 aromatic heterocycles. The fraction of sp³-hybridized carbons (Fsp3) is 0.417. The summed E-state index contributed by atoms with van der Waals surface area (Å²) in [5, 5.41) is 6.50. The molecule has 5 heteroatoms. The van der Waals surface area contributed by atoms with Crippen molar-refractivity contribution in [2.24, 2.45) is 0 Å². The predicted octanol–water partition coefficient (Wildman–Crippen LogP) is 2.13. The third-order valence-electron chi connectivity index (χ3n) is 2.43. The number of nitrogens with one attached hydrogen (secondary N) is 1. The lowest BCUT2D eigenvalue weighted by molar-refractivity contribution is 0.520. The van der Waals surface area contributed by atoms with Crippen molar-refractivity contribution in [3.63, 3.8) is 0 Å². The van der Waals surface area contributed by atoms with Gasteiger partial charge in [-0.3, -0.25) is 0 Å². The first-order chi connectivity index (χ1) is 8.29. The van der Waals surface area contributed by atoms with Crippen molar-refractivity contribution < 1.29 is 0 Å². The molecule has 17 heavy (non-hydrogen) atoms. The number of nitrogens with zero attached hydrogens (tertiary/aromatic N) is 3. The van der Waals surface area contributed by atoms with Crippen LogP contribution in [0.3, 0.4) is 0 Å². The van der Waals surface area contributed by atoms with Crippen molar-refractivity contribution in [1.82, 2.24) is 20.3 Å². The first kappa shape index (κ1) is 12.1. The number of aromatic nitrogens is 3. The van der Waals surface area contributed by atoms with Gasteiger partial charge in [-0.1, -0.05) is 6.92 Å². The Morgan fingerprint density at radius 2 is 2.06 bits per heavy atom. The summed E-state index contributed by atoms with van der Waals surface area (Å²) in [5.74, 6) is 0.840. The van der Waals surface area contributed by atoms with Gasteiger partial charge in [0.2, 0.25) is 0 Å². The molecule has 1 atom stereocenters. The number of likely N-dealkylation sites (N-methyl/N-ethyl adjacent to an activating group) is 1. The molecular weight excluding hydrogens is 232 g/mol. The second kappa shape index (κ2) is 5.84. The highest BCUT2D eigenvalue weighted by Gasteiger charge is 2.15. The van der Waals surface area contributed by atoms with Crippen LogP contribution in [0, 0.1) is 6.92 Å². The third-order valence-corrected chi connectivity index (χ3v) is 3.23. The van der Waals surface area contributed by atoms with Crippen LogP contribution in [0.2, 0.25) is 0 Å². The Kier molecular flexibility index (Phi) is 4.17. The van der Waals surface area contributed by atoms with Gasteiger partial charge in [-0.25, -0.2) is 15.0 Å². The standard InChI is InChI=1S/C12H16N4S/c1-3-13-10(6-11-14-4-5-17-11)12-15-7-9(2)8-16-12/h4-5,7-8,10,13H,3,6H2,1-2H3. The average Bonchev–Trinajstić information content (AvgIpc) is 2.82. The lowest BCUT2D eigenvalue weighted by Crippen LogP contribution is -2.24. The molecule has 0 aliphatic heterocycles. The Balaban J connectivity index is 2.13. The van der Waals surface area contributed by atoms with Crippen LogP contribution in [-0.2, 0) is 6.42 Å². The van der Waals surface area contributed by atoms with Crippen molar-refractivity contribution in [3.05, 3.63) is 40.4 Å². The predicted molar refractivity (Wildman–Crippen MR) is 69.0 cm³/mol. The van der Waals surface area contributed by atoms with Gasteiger partial charge in [0.15, 0.2) is 0 Å². The van der Waals surface area contributed by atoms with Gasteiger partial charge >= 0.3 is 0 Å². The molecule has 0 spiro atoms. The van der Waals surface area contributed by atoms with E-state index in [-0.39, 0.29) is 6.04 Å². The SMILES string of the molecule is CCNC(Cc1nccs1)c1ncc(C)cn1. The Morgan fingerprint density at radius 3 is 2.65 bits per heavy atom. The molecule has 2 heterocycles. The molecule has 2 rings (SSSR count). The van der Waals surface area contributed by atoms with Crippen LogP contribution in [-0.4, -0.2) is 21.5 Å². The zero-order chi connectivity index (χ0) is 12.1. The minimum Gasteiger partial charge on any atom is -0.307 e. The lowest BCUT2D eigenvalue weighted by atomic mass is 10.2. The molecule has 4 nitrogen and oxygen atoms in total. The lowest BCUT2D eigenvalue weighted by Gasteiger charge is -2.14. The topological polar surface area (TPSA) is 50.7 Å². The van der Waals surface area contributed by atoms with Gasteiger partial charge in [-0.15, -0.1) is 11.3 Å². The van der Waals surface area contributed by atoms with Crippen LogP contribution in [0.15, 0.2) is 24.0 Å². The molecule has 2 aromatic rings. The van der Waals surface area contributed by atoms with Crippen molar-refractivity contribution in [3.8, 4) is 0 Å². The van der Waals surface area contributed by atoms with E-state index in [4.69, 9.17) is 0 Å². The first-order valence-corrected chi connectivity index (χ1v) is 6.58. The van der Waals surface area contributed by atoms with Gasteiger partial charge in [0.25, 0.3) is 0 Å². The van der Waals surface area contributed by atoms with E-state index in [1.54, 1.807) is 11.3 Å². The van der Waals surface area contributed by atoms with Gasteiger partial charge in [-0.2, -0.15) is 0 Å². The number of thiazole rings is 1. The smallest absolute Gasteiger partial charge is 0.145 e. The minimum atomic E-state index is 0.145. The number of aryl methyl sites for hydroxylation is 1. The Morgan fingerprint density at radius 1 is 1.29 bits per heavy atom. The van der Waals surface area contributed by atoms with Crippen molar-refractivity contribution in [2.75, 3.05) is 6.54 Å². The Labute approximate surface area is 105 Å². The Hall–Kier alpha value is -1.33. The quantitative estimate of drug-likeness (QED) is 0.880. The van der Waals surface area contributed by atoms with Crippen molar-refractivity contribution >= 4 is 11.3 Å². The summed E-state index contributed by atoms with van der Waals surface area (Å²) in [5.41, 5.74) is 1.08. The van der Waals surface area contributed by atoms with E-state index < -0.39 is 0 Å². The van der Waals surface area contributed by atoms with Crippen molar-refractivity contribution in [1.29, 1.82) is 0 Å². The number of hydrogen-bond acceptors (Lipinski definition) is 5. The summed E-state index contributed by atoms with van der Waals surface area (Å²) >= 11 is 1.67. The van der Waals surface area contributed by atoms with Crippen LogP contribution in [0.5, 0.6) is 0 Å². The highest BCUT2D eigenvalue weighted by atomic mass is 32.1. The summed E-state index contributed by atoms with van der Waals surface area (Å²) < 4.78 is 0. The van der Waals surface area contributed by atoms with E-state index in [0.29, 0.717) is 0 Å². The van der Waals surface area contributed by atoms with Crippen LogP contribution in [0.1, 0.15) is 29.4 Å². The minimum absolute atomic E-state index is 0.145. The number of hydrogen-bond donors (Lipinski definition) is 1. The fourth-order valence-corrected chi connectivity index (χ4v) is 2.28. The molecule has 0 saturated carbocycles. The average molecular weight is 248 g/mol. The highest BCUT2D eigenvalue weighted by molar-refractivity contribution is 7.09. The molecule has 0 bridgehead atoms. The molecule has 90 valence electrons. The molecule has 1 unspecified atom stereocenters. The normalized spacial score (nSPS) is 12.6. The van der Waals surface area contributed by atoms with E-state index in [1.807, 2.05) is 30.9 Å². The largest absolute Gasteiger partial charge is 0.307 e. The van der Waals surface area contributed by atoms with E-state index in [0.717, 1.165) is 29.4 Å². The fourth-order valence-electron chi connectivity index (χ4n) is 1.61. The first-order valence-electron chi connectivity index (χ1n) is 5.70. The van der Waals surface area contributed by atoms with E-state index >= 15 is 0 Å². The molecular formula is C12H16N4S. The van der Waals surface area contributed by atoms with E-state index in [1.165, 1.54) is 0 Å². The van der Waals surface area contributed by atoms with Crippen molar-refractivity contribution in [2.45, 2.75) is 26.3 Å². The monoisotopic (exact) mass is 248 g/mol. The summed E-state index contributed by atoms with van der Waals surface area (Å²) in [6.45, 7) is 4.98. The summed E-state index contributed by atoms with van der Waals surface area (Å²) in [4.78, 5) is 13.1. The van der Waals surface area contributed by atoms with E-state index in [2.05, 4.69) is 27.2 Å². The summed E-state index contributed by atoms with van der Waals surface area (Å²) in [6, 6.07) is 0.145. The third kappa shape index (κ3) is 3.31. The molecule has 0 saturated heterocycles. The number of rotatable bonds is 5. The van der Waals surface area contributed by atoms with Gasteiger partial charge < -0.3 is 5.32 Å². The summed E-state index contributed by atoms with van der Waals surface area (Å²) in [6.07, 6.45) is 6.39. The highest BCUT2D eigenvalue weighted by Crippen LogP contribution is 2.16. The van der Waals surface area contributed by atoms with Gasteiger partial charge in [0.1, 0.15) is 5.82 Å². The summed E-state index contributed by atoms with van der Waals surface area (Å²) in [7, 11) is 0. The van der Waals surface area contributed by atoms with Crippen LogP contribution in [0.4, 0.5) is 0 Å². The van der Waals surface area contributed by atoms with Gasteiger partial charge in [-0.05, 0) is 19.0 Å². The van der Waals surface area contributed by atoms with Crippen LogP contribution in [0.25, 0.3) is 0 Å². The van der Waals surface area contributed by atoms with Crippen LogP contribution < -0.4 is 5.32 Å². The second-order valence-electron chi connectivity index (χ2n) is 3.86. The maximum atomic E-state index is 4.38.